The maximum absolute atomic E-state index is 4.41. The van der Waals surface area contributed by atoms with Gasteiger partial charge in [-0.15, -0.1) is 24.0 Å². The first-order chi connectivity index (χ1) is 13.6. The predicted molar refractivity (Wildman–Crippen MR) is 131 cm³/mol. The van der Waals surface area contributed by atoms with Crippen LogP contribution in [0.2, 0.25) is 0 Å². The summed E-state index contributed by atoms with van der Waals surface area (Å²) in [6.45, 7) is 11.7. The molecular weight excluding hydrogens is 477 g/mol. The van der Waals surface area contributed by atoms with Crippen molar-refractivity contribution in [3.05, 3.63) is 18.5 Å². The number of anilines is 1. The third-order valence-electron chi connectivity index (χ3n) is 6.04. The molecule has 2 heterocycles. The molecule has 1 aliphatic carbocycles. The van der Waals surface area contributed by atoms with Crippen LogP contribution in [0.1, 0.15) is 39.5 Å². The van der Waals surface area contributed by atoms with E-state index in [1.807, 2.05) is 25.5 Å². The molecule has 1 aromatic rings. The predicted octanol–water partition coefficient (Wildman–Crippen LogP) is 2.60. The van der Waals surface area contributed by atoms with Crippen LogP contribution in [-0.2, 0) is 0 Å². The minimum atomic E-state index is 0. The molecule has 3 rings (SSSR count). The van der Waals surface area contributed by atoms with Crippen molar-refractivity contribution in [3.8, 4) is 0 Å². The van der Waals surface area contributed by atoms with E-state index < -0.39 is 0 Å². The molecule has 1 aromatic heterocycles. The van der Waals surface area contributed by atoms with Crippen LogP contribution >= 0.6 is 24.0 Å². The highest BCUT2D eigenvalue weighted by molar-refractivity contribution is 14.0. The van der Waals surface area contributed by atoms with Gasteiger partial charge in [-0.2, -0.15) is 0 Å². The van der Waals surface area contributed by atoms with Gasteiger partial charge >= 0.3 is 0 Å². The van der Waals surface area contributed by atoms with Gasteiger partial charge in [0.05, 0.1) is 0 Å². The van der Waals surface area contributed by atoms with Gasteiger partial charge in [-0.1, -0.05) is 20.3 Å². The Balaban J connectivity index is 0.00000300. The number of nitrogens with one attached hydrogen (secondary N) is 2. The Hall–Kier alpha value is -1.16. The number of piperazine rings is 1. The second kappa shape index (κ2) is 11.9. The van der Waals surface area contributed by atoms with Gasteiger partial charge < -0.3 is 15.5 Å². The molecule has 0 aromatic carbocycles. The molecule has 0 atom stereocenters. The zero-order valence-electron chi connectivity index (χ0n) is 18.2. The summed E-state index contributed by atoms with van der Waals surface area (Å²) < 4.78 is 0. The van der Waals surface area contributed by atoms with Gasteiger partial charge in [-0.05, 0) is 36.7 Å². The SMILES string of the molecule is CN=C(NCCN1CCN(c2ncccn2)CC1)NCC1(CC(C)C)CCC1.I. The first-order valence-corrected chi connectivity index (χ1v) is 10.8. The lowest BCUT2D eigenvalue weighted by atomic mass is 9.64. The fourth-order valence-electron chi connectivity index (χ4n) is 4.45. The van der Waals surface area contributed by atoms with Gasteiger partial charge in [-0.25, -0.2) is 9.97 Å². The van der Waals surface area contributed by atoms with Crippen LogP contribution in [0, 0.1) is 11.3 Å². The third kappa shape index (κ3) is 7.24. The van der Waals surface area contributed by atoms with Gasteiger partial charge in [0.1, 0.15) is 0 Å². The van der Waals surface area contributed by atoms with Crippen molar-refractivity contribution in [1.29, 1.82) is 0 Å². The van der Waals surface area contributed by atoms with E-state index in [0.29, 0.717) is 5.41 Å². The van der Waals surface area contributed by atoms with Gasteiger partial charge in [0.15, 0.2) is 5.96 Å². The fourth-order valence-corrected chi connectivity index (χ4v) is 4.45. The first-order valence-electron chi connectivity index (χ1n) is 10.8. The van der Waals surface area contributed by atoms with Gasteiger partial charge in [0.25, 0.3) is 0 Å². The monoisotopic (exact) mass is 515 g/mol. The van der Waals surface area contributed by atoms with E-state index in [2.05, 4.69) is 49.2 Å². The molecule has 1 saturated carbocycles. The number of guanidine groups is 1. The molecule has 0 bridgehead atoms. The van der Waals surface area contributed by atoms with Crippen LogP contribution in [0.3, 0.4) is 0 Å². The molecule has 1 aliphatic heterocycles. The molecule has 7 nitrogen and oxygen atoms in total. The average Bonchev–Trinajstić information content (AvgIpc) is 2.69. The molecule has 8 heteroatoms. The largest absolute Gasteiger partial charge is 0.356 e. The average molecular weight is 515 g/mol. The molecule has 0 unspecified atom stereocenters. The Morgan fingerprint density at radius 1 is 1.14 bits per heavy atom. The number of nitrogens with zero attached hydrogens (tertiary/aromatic N) is 5. The quantitative estimate of drug-likeness (QED) is 0.315. The zero-order valence-corrected chi connectivity index (χ0v) is 20.6. The summed E-state index contributed by atoms with van der Waals surface area (Å²) in [5, 5.41) is 7.07. The smallest absolute Gasteiger partial charge is 0.225 e. The lowest BCUT2D eigenvalue weighted by Gasteiger charge is -2.43. The topological polar surface area (TPSA) is 68.7 Å². The molecule has 2 N–H and O–H groups in total. The standard InChI is InChI=1S/C21H37N7.HI/c1-18(2)16-21(6-4-7-21)17-26-19(22-3)23-10-11-27-12-14-28(15-13-27)20-24-8-5-9-25-20;/h5,8-9,18H,4,6-7,10-17H2,1-3H3,(H2,22,23,26);1H. The van der Waals surface area contributed by atoms with Crippen molar-refractivity contribution in [1.82, 2.24) is 25.5 Å². The summed E-state index contributed by atoms with van der Waals surface area (Å²) in [5.74, 6) is 2.54. The van der Waals surface area contributed by atoms with E-state index in [4.69, 9.17) is 0 Å². The third-order valence-corrected chi connectivity index (χ3v) is 6.04. The maximum Gasteiger partial charge on any atom is 0.225 e. The number of rotatable bonds is 8. The second-order valence-electron chi connectivity index (χ2n) is 8.68. The van der Waals surface area contributed by atoms with Crippen molar-refractivity contribution < 1.29 is 0 Å². The van der Waals surface area contributed by atoms with Crippen molar-refractivity contribution in [3.63, 3.8) is 0 Å². The molecule has 0 radical (unpaired) electrons. The molecular formula is C21H38IN7. The van der Waals surface area contributed by atoms with Crippen LogP contribution in [-0.4, -0.2) is 73.7 Å². The maximum atomic E-state index is 4.41. The van der Waals surface area contributed by atoms with Crippen molar-refractivity contribution in [2.45, 2.75) is 39.5 Å². The number of halogens is 1. The van der Waals surface area contributed by atoms with Gasteiger partial charge in [0, 0.05) is 65.3 Å². The summed E-state index contributed by atoms with van der Waals surface area (Å²) in [6, 6.07) is 1.86. The van der Waals surface area contributed by atoms with Crippen LogP contribution < -0.4 is 15.5 Å². The molecule has 2 fully saturated rings. The van der Waals surface area contributed by atoms with E-state index >= 15 is 0 Å². The molecule has 164 valence electrons. The Morgan fingerprint density at radius 3 is 2.38 bits per heavy atom. The minimum Gasteiger partial charge on any atom is -0.356 e. The van der Waals surface area contributed by atoms with Crippen LogP contribution in [0.15, 0.2) is 23.5 Å². The van der Waals surface area contributed by atoms with E-state index in [9.17, 15) is 0 Å². The Kier molecular flexibility index (Phi) is 9.88. The summed E-state index contributed by atoms with van der Waals surface area (Å²) >= 11 is 0. The highest BCUT2D eigenvalue weighted by atomic mass is 127. The molecule has 29 heavy (non-hydrogen) atoms. The van der Waals surface area contributed by atoms with E-state index in [1.165, 1.54) is 25.7 Å². The highest BCUT2D eigenvalue weighted by Crippen LogP contribution is 2.45. The lowest BCUT2D eigenvalue weighted by Crippen LogP contribution is -2.51. The van der Waals surface area contributed by atoms with Crippen molar-refractivity contribution in [2.75, 3.05) is 57.8 Å². The molecule has 0 amide bonds. The van der Waals surface area contributed by atoms with E-state index in [-0.39, 0.29) is 24.0 Å². The summed E-state index contributed by atoms with van der Waals surface area (Å²) in [6.07, 6.45) is 9.01. The Morgan fingerprint density at radius 2 is 1.83 bits per heavy atom. The highest BCUT2D eigenvalue weighted by Gasteiger charge is 2.37. The number of hydrogen-bond donors (Lipinski definition) is 2. The summed E-state index contributed by atoms with van der Waals surface area (Å²) in [4.78, 5) is 17.9. The molecule has 1 saturated heterocycles. The Bertz CT molecular complexity index is 611. The van der Waals surface area contributed by atoms with Crippen molar-refractivity contribution >= 4 is 35.9 Å². The molecule has 0 spiro atoms. The fraction of sp³-hybridized carbons (Fsp3) is 0.762. The van der Waals surface area contributed by atoms with Gasteiger partial charge in [-0.3, -0.25) is 9.89 Å². The summed E-state index contributed by atoms with van der Waals surface area (Å²) in [7, 11) is 1.86. The number of hydrogen-bond acceptors (Lipinski definition) is 5. The van der Waals surface area contributed by atoms with Crippen LogP contribution in [0.5, 0.6) is 0 Å². The number of aromatic nitrogens is 2. The zero-order chi connectivity index (χ0) is 19.8. The van der Waals surface area contributed by atoms with E-state index in [0.717, 1.165) is 63.6 Å². The minimum absolute atomic E-state index is 0. The van der Waals surface area contributed by atoms with Crippen LogP contribution in [0.4, 0.5) is 5.95 Å². The summed E-state index contributed by atoms with van der Waals surface area (Å²) in [5.41, 5.74) is 0.488. The lowest BCUT2D eigenvalue weighted by molar-refractivity contribution is 0.104. The van der Waals surface area contributed by atoms with Gasteiger partial charge in [0.2, 0.25) is 5.95 Å². The second-order valence-corrected chi connectivity index (χ2v) is 8.68. The van der Waals surface area contributed by atoms with E-state index in [1.54, 1.807) is 0 Å². The first kappa shape index (κ1) is 24.1. The number of aliphatic imine (C=N–C) groups is 1. The molecule has 2 aliphatic rings. The Labute approximate surface area is 193 Å². The van der Waals surface area contributed by atoms with Crippen molar-refractivity contribution in [2.24, 2.45) is 16.3 Å². The normalized spacial score (nSPS) is 19.4. The van der Waals surface area contributed by atoms with Crippen LogP contribution in [0.25, 0.3) is 0 Å².